The zero-order chi connectivity index (χ0) is 11.0. The van der Waals surface area contributed by atoms with Gasteiger partial charge in [-0.3, -0.25) is 10.3 Å². The summed E-state index contributed by atoms with van der Waals surface area (Å²) in [5.41, 5.74) is 0. The lowest BCUT2D eigenvalue weighted by Crippen LogP contribution is -2.20. The molecule has 0 aromatic rings. The Kier molecular flexibility index (Phi) is 7.25. The Morgan fingerprint density at radius 2 is 2.29 bits per heavy atom. The van der Waals surface area contributed by atoms with Crippen LogP contribution >= 0.6 is 11.8 Å². The quantitative estimate of drug-likeness (QED) is 0.330. The molecule has 0 rings (SSSR count). The summed E-state index contributed by atoms with van der Waals surface area (Å²) in [7, 11) is 4.08. The van der Waals surface area contributed by atoms with Gasteiger partial charge in [-0.05, 0) is 40.2 Å². The highest BCUT2D eigenvalue weighted by atomic mass is 32.2. The minimum atomic E-state index is 0.251. The first-order valence-electron chi connectivity index (χ1n) is 4.51. The largest absolute Gasteiger partial charge is 0.309 e. The molecule has 1 N–H and O–H groups in total. The van der Waals surface area contributed by atoms with E-state index in [2.05, 4.69) is 22.1 Å². The minimum Gasteiger partial charge on any atom is -0.309 e. The summed E-state index contributed by atoms with van der Waals surface area (Å²) in [5, 5.41) is 11.7. The molecule has 14 heavy (non-hydrogen) atoms. The average Bonchev–Trinajstić information content (AvgIpc) is 2.14. The van der Waals surface area contributed by atoms with Crippen molar-refractivity contribution < 1.29 is 0 Å². The van der Waals surface area contributed by atoms with Crippen LogP contribution < -0.4 is 5.32 Å². The summed E-state index contributed by atoms with van der Waals surface area (Å²) in [6, 6.07) is 0.251. The monoisotopic (exact) mass is 214 g/mol. The highest BCUT2D eigenvalue weighted by Crippen LogP contribution is 2.02. The molecule has 0 aliphatic carbocycles. The van der Waals surface area contributed by atoms with Crippen LogP contribution in [0.25, 0.3) is 0 Å². The Morgan fingerprint density at radius 3 is 2.71 bits per heavy atom. The summed E-state index contributed by atoms with van der Waals surface area (Å²) in [4.78, 5) is 6.50. The molecule has 0 aromatic heterocycles. The van der Waals surface area contributed by atoms with Crippen molar-refractivity contribution in [3.05, 3.63) is 0 Å². The fourth-order valence-electron chi connectivity index (χ4n) is 0.894. The molecule has 0 saturated heterocycles. The normalized spacial score (nSPS) is 13.9. The van der Waals surface area contributed by atoms with Gasteiger partial charge in [-0.15, -0.1) is 0 Å². The molecular weight excluding hydrogens is 196 g/mol. The fraction of sp³-hybridized carbons (Fsp3) is 0.778. The maximum absolute atomic E-state index is 8.44. The topological polar surface area (TPSA) is 51.4 Å². The first kappa shape index (κ1) is 13.3. The van der Waals surface area contributed by atoms with E-state index < -0.39 is 0 Å². The van der Waals surface area contributed by atoms with Gasteiger partial charge in [0.25, 0.3) is 0 Å². The molecular formula is C9H18N4S. The molecule has 0 bridgehead atoms. The molecule has 0 aromatic carbocycles. The number of nitrogens with zero attached hydrogens (tertiary/aromatic N) is 3. The maximum atomic E-state index is 8.44. The molecule has 4 nitrogen and oxygen atoms in total. The SMILES string of the molecule is CSC(=NC(C)CCN(C)C)NC#N. The third kappa shape index (κ3) is 6.75. The first-order chi connectivity index (χ1) is 6.60. The molecule has 80 valence electrons. The van der Waals surface area contributed by atoms with E-state index in [4.69, 9.17) is 5.26 Å². The standard InChI is InChI=1S/C9H18N4S/c1-8(5-6-13(2)3)12-9(14-4)11-7-10/h8H,5-6H2,1-4H3,(H,11,12). The van der Waals surface area contributed by atoms with E-state index in [1.165, 1.54) is 11.8 Å². The van der Waals surface area contributed by atoms with E-state index in [1.807, 2.05) is 26.5 Å². The second-order valence-electron chi connectivity index (χ2n) is 3.32. The number of nitrogens with one attached hydrogen (secondary N) is 1. The maximum Gasteiger partial charge on any atom is 0.183 e. The number of rotatable bonds is 4. The third-order valence-electron chi connectivity index (χ3n) is 1.69. The second kappa shape index (κ2) is 7.65. The van der Waals surface area contributed by atoms with E-state index in [-0.39, 0.29) is 6.04 Å². The third-order valence-corrected chi connectivity index (χ3v) is 2.28. The Morgan fingerprint density at radius 1 is 1.64 bits per heavy atom. The van der Waals surface area contributed by atoms with Gasteiger partial charge in [-0.1, -0.05) is 11.8 Å². The summed E-state index contributed by atoms with van der Waals surface area (Å²) < 4.78 is 0. The first-order valence-corrected chi connectivity index (χ1v) is 5.74. The van der Waals surface area contributed by atoms with Crippen molar-refractivity contribution in [3.63, 3.8) is 0 Å². The van der Waals surface area contributed by atoms with E-state index >= 15 is 0 Å². The number of nitriles is 1. The molecule has 0 fully saturated rings. The van der Waals surface area contributed by atoms with Crippen LogP contribution in [-0.4, -0.2) is 43.0 Å². The number of aliphatic imine (C=N–C) groups is 1. The molecule has 0 saturated carbocycles. The minimum absolute atomic E-state index is 0.251. The van der Waals surface area contributed by atoms with Gasteiger partial charge in [0.1, 0.15) is 0 Å². The molecule has 0 aliphatic heterocycles. The van der Waals surface area contributed by atoms with Crippen molar-refractivity contribution in [3.8, 4) is 6.19 Å². The van der Waals surface area contributed by atoms with Gasteiger partial charge in [0.2, 0.25) is 0 Å². The summed E-state index contributed by atoms with van der Waals surface area (Å²) in [5.74, 6) is 0. The number of hydrogen-bond donors (Lipinski definition) is 1. The Bertz CT molecular complexity index is 219. The van der Waals surface area contributed by atoms with Gasteiger partial charge >= 0.3 is 0 Å². The van der Waals surface area contributed by atoms with Crippen LogP contribution in [0, 0.1) is 11.5 Å². The van der Waals surface area contributed by atoms with E-state index in [0.717, 1.165) is 13.0 Å². The Hall–Kier alpha value is -0.730. The average molecular weight is 214 g/mol. The lowest BCUT2D eigenvalue weighted by Gasteiger charge is -2.12. The van der Waals surface area contributed by atoms with Crippen molar-refractivity contribution >= 4 is 16.9 Å². The summed E-state index contributed by atoms with van der Waals surface area (Å²) in [6.07, 6.45) is 4.79. The van der Waals surface area contributed by atoms with Gasteiger partial charge in [-0.25, -0.2) is 0 Å². The van der Waals surface area contributed by atoms with Crippen molar-refractivity contribution in [2.24, 2.45) is 4.99 Å². The molecule has 0 aliphatic rings. The molecule has 1 unspecified atom stereocenters. The van der Waals surface area contributed by atoms with Crippen molar-refractivity contribution in [1.29, 1.82) is 5.26 Å². The second-order valence-corrected chi connectivity index (χ2v) is 4.11. The van der Waals surface area contributed by atoms with Crippen molar-refractivity contribution in [1.82, 2.24) is 10.2 Å². The van der Waals surface area contributed by atoms with E-state index in [9.17, 15) is 0 Å². The van der Waals surface area contributed by atoms with Crippen LogP contribution in [0.2, 0.25) is 0 Å². The molecule has 0 heterocycles. The highest BCUT2D eigenvalue weighted by Gasteiger charge is 2.02. The molecule has 0 radical (unpaired) electrons. The number of thioether (sulfide) groups is 1. The lowest BCUT2D eigenvalue weighted by molar-refractivity contribution is 0.386. The zero-order valence-electron chi connectivity index (χ0n) is 9.24. The molecule has 0 spiro atoms. The fourth-order valence-corrected chi connectivity index (χ4v) is 1.33. The lowest BCUT2D eigenvalue weighted by atomic mass is 10.2. The zero-order valence-corrected chi connectivity index (χ0v) is 10.1. The molecule has 1 atom stereocenters. The van der Waals surface area contributed by atoms with E-state index in [0.29, 0.717) is 5.17 Å². The van der Waals surface area contributed by atoms with Gasteiger partial charge in [-0.2, -0.15) is 5.26 Å². The van der Waals surface area contributed by atoms with Gasteiger partial charge in [0.05, 0.1) is 6.04 Å². The van der Waals surface area contributed by atoms with Crippen LogP contribution in [0.1, 0.15) is 13.3 Å². The summed E-state index contributed by atoms with van der Waals surface area (Å²) in [6.45, 7) is 3.07. The number of amidine groups is 1. The summed E-state index contributed by atoms with van der Waals surface area (Å²) >= 11 is 1.46. The molecule has 5 heteroatoms. The van der Waals surface area contributed by atoms with E-state index in [1.54, 1.807) is 0 Å². The number of hydrogen-bond acceptors (Lipinski definition) is 4. The predicted octanol–water partition coefficient (Wildman–Crippen LogP) is 1.12. The van der Waals surface area contributed by atoms with Crippen LogP contribution in [-0.2, 0) is 0 Å². The van der Waals surface area contributed by atoms with Crippen molar-refractivity contribution in [2.75, 3.05) is 26.9 Å². The van der Waals surface area contributed by atoms with Gasteiger partial charge < -0.3 is 4.90 Å². The highest BCUT2D eigenvalue weighted by molar-refractivity contribution is 8.13. The van der Waals surface area contributed by atoms with Gasteiger partial charge in [0, 0.05) is 0 Å². The van der Waals surface area contributed by atoms with Crippen LogP contribution in [0.3, 0.4) is 0 Å². The van der Waals surface area contributed by atoms with Crippen LogP contribution in [0.5, 0.6) is 0 Å². The smallest absolute Gasteiger partial charge is 0.183 e. The Balaban J connectivity index is 3.98. The van der Waals surface area contributed by atoms with Crippen LogP contribution in [0.4, 0.5) is 0 Å². The Labute approximate surface area is 90.4 Å². The van der Waals surface area contributed by atoms with Gasteiger partial charge in [0.15, 0.2) is 11.4 Å². The van der Waals surface area contributed by atoms with Crippen molar-refractivity contribution in [2.45, 2.75) is 19.4 Å². The van der Waals surface area contributed by atoms with Crippen LogP contribution in [0.15, 0.2) is 4.99 Å². The predicted molar refractivity (Wildman–Crippen MR) is 62.3 cm³/mol. The molecule has 0 amide bonds.